The maximum atomic E-state index is 13.0. The molecule has 2 aromatic carbocycles. The van der Waals surface area contributed by atoms with E-state index in [0.717, 1.165) is 27.4 Å². The Bertz CT molecular complexity index is 1400. The number of quaternary nitrogens is 1. The Kier molecular flexibility index (Phi) is 4.73. The first-order valence-electron chi connectivity index (χ1n) is 10.6. The molecule has 3 heterocycles. The highest BCUT2D eigenvalue weighted by Gasteiger charge is 2.35. The molecule has 162 valence electrons. The zero-order valence-electron chi connectivity index (χ0n) is 18.0. The SMILES string of the molecule is C[N+](C)([O-])CCCn1cc(C2=C(c3c[nH]c4ccccc34)C(=O)NC2=O)c2ccccc21. The molecule has 0 fully saturated rings. The Morgan fingerprint density at radius 1 is 0.906 bits per heavy atom. The van der Waals surface area contributed by atoms with Gasteiger partial charge in [-0.25, -0.2) is 0 Å². The fraction of sp³-hybridized carbons (Fsp3) is 0.200. The van der Waals surface area contributed by atoms with Crippen molar-refractivity contribution in [3.05, 3.63) is 77.3 Å². The Morgan fingerprint density at radius 2 is 1.56 bits per heavy atom. The molecule has 0 spiro atoms. The van der Waals surface area contributed by atoms with E-state index in [4.69, 9.17) is 0 Å². The lowest BCUT2D eigenvalue weighted by molar-refractivity contribution is -0.840. The van der Waals surface area contributed by atoms with Crippen LogP contribution in [0.5, 0.6) is 0 Å². The van der Waals surface area contributed by atoms with Crippen LogP contribution in [0.2, 0.25) is 0 Å². The lowest BCUT2D eigenvalue weighted by Gasteiger charge is -2.33. The largest absolute Gasteiger partial charge is 0.633 e. The van der Waals surface area contributed by atoms with Crippen molar-refractivity contribution in [2.75, 3.05) is 20.6 Å². The number of carbonyl (C=O) groups excluding carboxylic acids is 2. The average molecular weight is 428 g/mol. The van der Waals surface area contributed by atoms with E-state index in [0.29, 0.717) is 36.2 Å². The molecule has 0 unspecified atom stereocenters. The summed E-state index contributed by atoms with van der Waals surface area (Å²) in [6.07, 6.45) is 4.41. The fourth-order valence-electron chi connectivity index (χ4n) is 4.50. The molecule has 2 N–H and O–H groups in total. The van der Waals surface area contributed by atoms with Crippen LogP contribution in [0.25, 0.3) is 33.0 Å². The normalized spacial score (nSPS) is 14.7. The summed E-state index contributed by atoms with van der Waals surface area (Å²) >= 11 is 0. The van der Waals surface area contributed by atoms with Crippen molar-refractivity contribution in [2.45, 2.75) is 13.0 Å². The molecule has 0 saturated heterocycles. The van der Waals surface area contributed by atoms with E-state index in [1.807, 2.05) is 54.7 Å². The molecule has 32 heavy (non-hydrogen) atoms. The predicted molar refractivity (Wildman–Crippen MR) is 125 cm³/mol. The Hall–Kier alpha value is -3.68. The van der Waals surface area contributed by atoms with Gasteiger partial charge in [0.1, 0.15) is 0 Å². The zero-order chi connectivity index (χ0) is 22.5. The summed E-state index contributed by atoms with van der Waals surface area (Å²) in [5, 5.41) is 16.2. The highest BCUT2D eigenvalue weighted by molar-refractivity contribution is 6.50. The van der Waals surface area contributed by atoms with E-state index in [2.05, 4.69) is 14.9 Å². The van der Waals surface area contributed by atoms with Crippen molar-refractivity contribution < 1.29 is 14.2 Å². The van der Waals surface area contributed by atoms with Gasteiger partial charge in [-0.1, -0.05) is 36.4 Å². The van der Waals surface area contributed by atoms with Gasteiger partial charge in [-0.3, -0.25) is 14.9 Å². The predicted octanol–water partition coefficient (Wildman–Crippen LogP) is 3.65. The minimum absolute atomic E-state index is 0.348. The number of para-hydroxylation sites is 2. The number of aromatic amines is 1. The second-order valence-corrected chi connectivity index (χ2v) is 8.69. The summed E-state index contributed by atoms with van der Waals surface area (Å²) in [4.78, 5) is 29.1. The lowest BCUT2D eigenvalue weighted by atomic mass is 9.95. The molecule has 5 rings (SSSR count). The number of rotatable bonds is 6. The Morgan fingerprint density at radius 3 is 2.31 bits per heavy atom. The third-order valence-electron chi connectivity index (χ3n) is 5.94. The van der Waals surface area contributed by atoms with Gasteiger partial charge in [-0.05, 0) is 12.1 Å². The third kappa shape index (κ3) is 3.41. The summed E-state index contributed by atoms with van der Waals surface area (Å²) in [5.41, 5.74) is 4.07. The number of H-pyrrole nitrogens is 1. The first-order valence-corrected chi connectivity index (χ1v) is 10.6. The number of hydrogen-bond acceptors (Lipinski definition) is 3. The topological polar surface area (TPSA) is 89.9 Å². The molecular weight excluding hydrogens is 404 g/mol. The Balaban J connectivity index is 1.67. The summed E-state index contributed by atoms with van der Waals surface area (Å²) in [5.74, 6) is -0.785. The molecule has 0 bridgehead atoms. The number of nitrogens with zero attached hydrogens (tertiary/aromatic N) is 2. The first-order chi connectivity index (χ1) is 15.3. The van der Waals surface area contributed by atoms with Crippen LogP contribution in [0, 0.1) is 5.21 Å². The number of amides is 2. The number of hydroxylamine groups is 3. The molecule has 1 aliphatic rings. The second-order valence-electron chi connectivity index (χ2n) is 8.69. The van der Waals surface area contributed by atoms with Gasteiger partial charge in [0.2, 0.25) is 0 Å². The number of aryl methyl sites for hydroxylation is 1. The minimum Gasteiger partial charge on any atom is -0.633 e. The number of aromatic nitrogens is 2. The molecule has 7 heteroatoms. The summed E-state index contributed by atoms with van der Waals surface area (Å²) in [6.45, 7) is 1.14. The van der Waals surface area contributed by atoms with Crippen molar-refractivity contribution in [3.8, 4) is 0 Å². The lowest BCUT2D eigenvalue weighted by Crippen LogP contribution is -2.33. The smallest absolute Gasteiger partial charge is 0.259 e. The molecule has 0 saturated carbocycles. The molecule has 0 aliphatic carbocycles. The fourth-order valence-corrected chi connectivity index (χ4v) is 4.50. The monoisotopic (exact) mass is 428 g/mol. The van der Waals surface area contributed by atoms with Gasteiger partial charge in [-0.2, -0.15) is 0 Å². The van der Waals surface area contributed by atoms with Crippen LogP contribution in [-0.4, -0.2) is 46.7 Å². The summed E-state index contributed by atoms with van der Waals surface area (Å²) in [6, 6.07) is 15.5. The second kappa shape index (κ2) is 7.47. The Labute approximate surface area is 185 Å². The zero-order valence-corrected chi connectivity index (χ0v) is 18.0. The summed E-state index contributed by atoms with van der Waals surface area (Å²) < 4.78 is 1.72. The van der Waals surface area contributed by atoms with Crippen molar-refractivity contribution in [2.24, 2.45) is 0 Å². The average Bonchev–Trinajstić information content (AvgIpc) is 3.40. The van der Waals surface area contributed by atoms with Gasteiger partial charge in [-0.15, -0.1) is 0 Å². The van der Waals surface area contributed by atoms with Crippen LogP contribution in [0.15, 0.2) is 60.9 Å². The number of benzene rings is 2. The molecule has 2 aromatic heterocycles. The molecule has 7 nitrogen and oxygen atoms in total. The number of imide groups is 1. The highest BCUT2D eigenvalue weighted by Crippen LogP contribution is 2.38. The van der Waals surface area contributed by atoms with Crippen molar-refractivity contribution in [3.63, 3.8) is 0 Å². The van der Waals surface area contributed by atoms with Crippen molar-refractivity contribution in [1.82, 2.24) is 14.9 Å². The molecule has 0 atom stereocenters. The first kappa shape index (κ1) is 20.2. The van der Waals surface area contributed by atoms with Crippen LogP contribution in [0.3, 0.4) is 0 Å². The molecular formula is C25H24N4O3. The standard InChI is InChI=1S/C25H24N4O3/c1-29(2,32)13-7-12-28-15-19(17-9-4-6-11-21(17)28)23-22(24(30)27-25(23)31)18-14-26-20-10-5-3-8-16(18)20/h3-6,8-11,14-15,26H,7,12-13H2,1-2H3,(H,27,30,31). The van der Waals surface area contributed by atoms with Gasteiger partial charge in [0.25, 0.3) is 11.8 Å². The number of hydrogen-bond donors (Lipinski definition) is 2. The van der Waals surface area contributed by atoms with Gasteiger partial charge < -0.3 is 19.4 Å². The van der Waals surface area contributed by atoms with Crippen LogP contribution < -0.4 is 5.32 Å². The van der Waals surface area contributed by atoms with Crippen LogP contribution in [0.4, 0.5) is 0 Å². The van der Waals surface area contributed by atoms with E-state index in [1.54, 1.807) is 20.3 Å². The van der Waals surface area contributed by atoms with Crippen LogP contribution >= 0.6 is 0 Å². The third-order valence-corrected chi connectivity index (χ3v) is 5.94. The van der Waals surface area contributed by atoms with E-state index < -0.39 is 11.8 Å². The number of nitrogens with one attached hydrogen (secondary N) is 2. The van der Waals surface area contributed by atoms with E-state index in [9.17, 15) is 14.8 Å². The van der Waals surface area contributed by atoms with Crippen molar-refractivity contribution >= 4 is 44.8 Å². The van der Waals surface area contributed by atoms with Crippen LogP contribution in [-0.2, 0) is 16.1 Å². The maximum absolute atomic E-state index is 13.0. The van der Waals surface area contributed by atoms with E-state index in [1.165, 1.54) is 0 Å². The van der Waals surface area contributed by atoms with Gasteiger partial charge >= 0.3 is 0 Å². The van der Waals surface area contributed by atoms with Gasteiger partial charge in [0.15, 0.2) is 0 Å². The molecule has 0 radical (unpaired) electrons. The van der Waals surface area contributed by atoms with E-state index in [-0.39, 0.29) is 4.65 Å². The maximum Gasteiger partial charge on any atom is 0.259 e. The number of carbonyl (C=O) groups is 2. The van der Waals surface area contributed by atoms with E-state index >= 15 is 0 Å². The summed E-state index contributed by atoms with van der Waals surface area (Å²) in [7, 11) is 3.26. The quantitative estimate of drug-likeness (QED) is 0.279. The van der Waals surface area contributed by atoms with Crippen LogP contribution in [0.1, 0.15) is 17.5 Å². The molecule has 1 aliphatic heterocycles. The minimum atomic E-state index is -0.393. The van der Waals surface area contributed by atoms with Gasteiger partial charge in [0, 0.05) is 58.3 Å². The number of fused-ring (bicyclic) bond motifs is 2. The highest BCUT2D eigenvalue weighted by atomic mass is 16.5. The van der Waals surface area contributed by atoms with Crippen molar-refractivity contribution in [1.29, 1.82) is 0 Å². The molecule has 4 aromatic rings. The van der Waals surface area contributed by atoms with Gasteiger partial charge in [0.05, 0.1) is 31.8 Å². The molecule has 2 amide bonds.